The Morgan fingerprint density at radius 2 is 2.32 bits per heavy atom. The second kappa shape index (κ2) is 4.18. The molecule has 1 aromatic heterocycles. The number of aromatic nitrogens is 1. The van der Waals surface area contributed by atoms with Crippen molar-refractivity contribution in [3.63, 3.8) is 0 Å². The Morgan fingerprint density at radius 3 is 3.00 bits per heavy atom. The minimum Gasteiger partial charge on any atom is -0.481 e. The van der Waals surface area contributed by atoms with Gasteiger partial charge in [-0.25, -0.2) is 4.98 Å². The lowest BCUT2D eigenvalue weighted by Crippen LogP contribution is -2.30. The minimum atomic E-state index is -0.751. The summed E-state index contributed by atoms with van der Waals surface area (Å²) in [4.78, 5) is 16.8. The molecule has 4 rings (SSSR count). The van der Waals surface area contributed by atoms with E-state index >= 15 is 0 Å². The highest BCUT2D eigenvalue weighted by molar-refractivity contribution is 7.15. The Labute approximate surface area is 115 Å². The number of aliphatic carboxylic acids is 1. The zero-order valence-electron chi connectivity index (χ0n) is 10.5. The molecule has 4 unspecified atom stereocenters. The molecule has 0 radical (unpaired) electrons. The highest BCUT2D eigenvalue weighted by Gasteiger charge is 2.41. The SMILES string of the molecule is O=C(O)C1CCc2sc(NC3CC4CCC3O4)nc21. The topological polar surface area (TPSA) is 71.5 Å². The monoisotopic (exact) mass is 280 g/mol. The van der Waals surface area contributed by atoms with Gasteiger partial charge in [0, 0.05) is 4.88 Å². The molecule has 0 amide bonds. The number of carboxylic acid groups (broad SMARTS) is 1. The van der Waals surface area contributed by atoms with Gasteiger partial charge in [0.2, 0.25) is 0 Å². The summed E-state index contributed by atoms with van der Waals surface area (Å²) < 4.78 is 5.81. The van der Waals surface area contributed by atoms with Crippen LogP contribution in [0.4, 0.5) is 5.13 Å². The average Bonchev–Trinajstić information content (AvgIpc) is 3.05. The van der Waals surface area contributed by atoms with Gasteiger partial charge in [-0.05, 0) is 32.1 Å². The molecular weight excluding hydrogens is 264 g/mol. The first kappa shape index (κ1) is 11.7. The highest BCUT2D eigenvalue weighted by Crippen LogP contribution is 2.41. The number of hydrogen-bond donors (Lipinski definition) is 2. The van der Waals surface area contributed by atoms with E-state index in [4.69, 9.17) is 9.84 Å². The molecule has 2 bridgehead atoms. The zero-order chi connectivity index (χ0) is 13.0. The number of hydrogen-bond acceptors (Lipinski definition) is 5. The molecule has 3 aliphatic rings. The van der Waals surface area contributed by atoms with Gasteiger partial charge in [0.25, 0.3) is 0 Å². The normalized spacial score (nSPS) is 35.6. The van der Waals surface area contributed by atoms with Crippen LogP contribution in [0.15, 0.2) is 0 Å². The second-order valence-corrected chi connectivity index (χ2v) is 6.70. The lowest BCUT2D eigenvalue weighted by atomic mass is 9.96. The summed E-state index contributed by atoms with van der Waals surface area (Å²) in [5.74, 6) is -1.16. The van der Waals surface area contributed by atoms with Gasteiger partial charge < -0.3 is 15.2 Å². The van der Waals surface area contributed by atoms with Crippen molar-refractivity contribution in [2.45, 2.75) is 56.3 Å². The number of nitrogens with zero attached hydrogens (tertiary/aromatic N) is 1. The van der Waals surface area contributed by atoms with Crippen molar-refractivity contribution >= 4 is 22.4 Å². The predicted molar refractivity (Wildman–Crippen MR) is 70.7 cm³/mol. The Balaban J connectivity index is 1.51. The van der Waals surface area contributed by atoms with E-state index in [9.17, 15) is 4.79 Å². The fourth-order valence-electron chi connectivity index (χ4n) is 3.48. The molecule has 1 aromatic rings. The standard InChI is InChI=1S/C13H16N2O3S/c16-12(17)7-2-4-10-11(7)15-13(19-10)14-8-5-6-1-3-9(8)18-6/h6-9H,1-5H2,(H,14,15)(H,16,17). The van der Waals surface area contributed by atoms with E-state index in [0.29, 0.717) is 24.7 Å². The highest BCUT2D eigenvalue weighted by atomic mass is 32.1. The van der Waals surface area contributed by atoms with Crippen LogP contribution in [0.1, 0.15) is 42.2 Å². The van der Waals surface area contributed by atoms with Crippen molar-refractivity contribution in [1.82, 2.24) is 4.98 Å². The molecule has 102 valence electrons. The van der Waals surface area contributed by atoms with Crippen LogP contribution in [-0.2, 0) is 16.0 Å². The third-order valence-electron chi connectivity index (χ3n) is 4.43. The number of nitrogens with one attached hydrogen (secondary N) is 1. The Morgan fingerprint density at radius 1 is 1.42 bits per heavy atom. The average molecular weight is 280 g/mol. The lowest BCUT2D eigenvalue weighted by Gasteiger charge is -2.19. The quantitative estimate of drug-likeness (QED) is 0.886. The Hall–Kier alpha value is -1.14. The number of anilines is 1. The lowest BCUT2D eigenvalue weighted by molar-refractivity contribution is -0.138. The molecule has 2 fully saturated rings. The maximum atomic E-state index is 11.1. The largest absolute Gasteiger partial charge is 0.481 e. The molecule has 4 atom stereocenters. The van der Waals surface area contributed by atoms with Gasteiger partial charge >= 0.3 is 5.97 Å². The van der Waals surface area contributed by atoms with Crippen LogP contribution in [-0.4, -0.2) is 34.3 Å². The van der Waals surface area contributed by atoms with Crippen LogP contribution in [0.25, 0.3) is 0 Å². The third-order valence-corrected chi connectivity index (χ3v) is 5.49. The van der Waals surface area contributed by atoms with Gasteiger partial charge in [-0.3, -0.25) is 4.79 Å². The van der Waals surface area contributed by atoms with Gasteiger partial charge in [0.15, 0.2) is 5.13 Å². The van der Waals surface area contributed by atoms with Gasteiger partial charge in [-0.15, -0.1) is 11.3 Å². The van der Waals surface area contributed by atoms with Crippen molar-refractivity contribution in [2.75, 3.05) is 5.32 Å². The molecular formula is C13H16N2O3S. The van der Waals surface area contributed by atoms with E-state index in [-0.39, 0.29) is 0 Å². The molecule has 0 spiro atoms. The summed E-state index contributed by atoms with van der Waals surface area (Å²) in [5, 5.41) is 13.5. The molecule has 0 saturated carbocycles. The van der Waals surface area contributed by atoms with Crippen molar-refractivity contribution in [3.8, 4) is 0 Å². The van der Waals surface area contributed by atoms with Gasteiger partial charge in [-0.1, -0.05) is 0 Å². The predicted octanol–water partition coefficient (Wildman–Crippen LogP) is 1.99. The number of carboxylic acids is 1. The molecule has 2 saturated heterocycles. The van der Waals surface area contributed by atoms with Crippen LogP contribution in [0.5, 0.6) is 0 Å². The van der Waals surface area contributed by atoms with Gasteiger partial charge in [-0.2, -0.15) is 0 Å². The van der Waals surface area contributed by atoms with Crippen LogP contribution >= 0.6 is 11.3 Å². The van der Waals surface area contributed by atoms with Crippen molar-refractivity contribution < 1.29 is 14.6 Å². The Kier molecular flexibility index (Phi) is 2.57. The molecule has 3 heterocycles. The fraction of sp³-hybridized carbons (Fsp3) is 0.692. The maximum absolute atomic E-state index is 11.1. The molecule has 2 N–H and O–H groups in total. The second-order valence-electron chi connectivity index (χ2n) is 5.62. The maximum Gasteiger partial charge on any atom is 0.312 e. The van der Waals surface area contributed by atoms with Crippen LogP contribution in [0, 0.1) is 0 Å². The number of fused-ring (bicyclic) bond motifs is 3. The summed E-state index contributed by atoms with van der Waals surface area (Å²) in [6.07, 6.45) is 5.64. The first-order valence-electron chi connectivity index (χ1n) is 6.85. The van der Waals surface area contributed by atoms with Crippen LogP contribution < -0.4 is 5.32 Å². The number of carbonyl (C=O) groups is 1. The van der Waals surface area contributed by atoms with E-state index in [0.717, 1.165) is 35.0 Å². The molecule has 19 heavy (non-hydrogen) atoms. The van der Waals surface area contributed by atoms with Crippen LogP contribution in [0.2, 0.25) is 0 Å². The van der Waals surface area contributed by atoms with Gasteiger partial charge in [0.05, 0.1) is 23.9 Å². The van der Waals surface area contributed by atoms with Crippen molar-refractivity contribution in [3.05, 3.63) is 10.6 Å². The fourth-order valence-corrected chi connectivity index (χ4v) is 4.58. The third kappa shape index (κ3) is 1.85. The first-order valence-corrected chi connectivity index (χ1v) is 7.67. The smallest absolute Gasteiger partial charge is 0.312 e. The van der Waals surface area contributed by atoms with E-state index in [1.54, 1.807) is 11.3 Å². The van der Waals surface area contributed by atoms with Crippen LogP contribution in [0.3, 0.4) is 0 Å². The first-order chi connectivity index (χ1) is 9.20. The van der Waals surface area contributed by atoms with E-state index in [1.165, 1.54) is 6.42 Å². The van der Waals surface area contributed by atoms with Crippen molar-refractivity contribution in [2.24, 2.45) is 0 Å². The van der Waals surface area contributed by atoms with E-state index < -0.39 is 11.9 Å². The number of aryl methyl sites for hydroxylation is 1. The minimum absolute atomic E-state index is 0.319. The zero-order valence-corrected chi connectivity index (χ0v) is 11.3. The molecule has 2 aliphatic heterocycles. The molecule has 0 aromatic carbocycles. The summed E-state index contributed by atoms with van der Waals surface area (Å²) in [5.41, 5.74) is 0.782. The molecule has 5 nitrogen and oxygen atoms in total. The number of rotatable bonds is 3. The summed E-state index contributed by atoms with van der Waals surface area (Å²) in [6.45, 7) is 0. The summed E-state index contributed by atoms with van der Waals surface area (Å²) >= 11 is 1.62. The summed E-state index contributed by atoms with van der Waals surface area (Å²) in [6, 6.07) is 0.355. The summed E-state index contributed by atoms with van der Waals surface area (Å²) in [7, 11) is 0. The van der Waals surface area contributed by atoms with E-state index in [1.807, 2.05) is 0 Å². The Bertz CT molecular complexity index is 530. The molecule has 1 aliphatic carbocycles. The number of ether oxygens (including phenoxy) is 1. The van der Waals surface area contributed by atoms with Gasteiger partial charge in [0.1, 0.15) is 5.92 Å². The molecule has 6 heteroatoms. The van der Waals surface area contributed by atoms with Crippen molar-refractivity contribution in [1.29, 1.82) is 0 Å². The van der Waals surface area contributed by atoms with E-state index in [2.05, 4.69) is 10.3 Å². The number of thiazole rings is 1.